The monoisotopic (exact) mass is 331 g/mol. The minimum atomic E-state index is 0. The summed E-state index contributed by atoms with van der Waals surface area (Å²) in [6.45, 7) is 8.95. The van der Waals surface area contributed by atoms with Crippen LogP contribution in [0.25, 0.3) is 0 Å². The molecule has 0 amide bonds. The maximum absolute atomic E-state index is 3.67. The maximum atomic E-state index is 3.67. The molecule has 1 saturated carbocycles. The molecule has 2 nitrogen and oxygen atoms in total. The maximum Gasteiger partial charge on any atom is 2.00 e. The zero-order valence-corrected chi connectivity index (χ0v) is 13.6. The quantitative estimate of drug-likeness (QED) is 0.518. The Morgan fingerprint density at radius 2 is 1.06 bits per heavy atom. The van der Waals surface area contributed by atoms with Crippen molar-refractivity contribution >= 4 is 0 Å². The number of hydrogen-bond donors (Lipinski definition) is 2. The van der Waals surface area contributed by atoms with E-state index in [1.165, 1.54) is 25.7 Å². The van der Waals surface area contributed by atoms with E-state index in [9.17, 15) is 0 Å². The second kappa shape index (κ2) is 12.1. The topological polar surface area (TPSA) is 24.1 Å². The van der Waals surface area contributed by atoms with Crippen LogP contribution in [0, 0.1) is 0 Å². The molecule has 5 heteroatoms. The van der Waals surface area contributed by atoms with E-state index in [1.54, 1.807) is 0 Å². The van der Waals surface area contributed by atoms with Crippen molar-refractivity contribution in [2.45, 2.75) is 77.5 Å². The first-order valence-corrected chi connectivity index (χ1v) is 6.11. The van der Waals surface area contributed by atoms with Gasteiger partial charge in [-0.25, -0.2) is 0 Å². The molecule has 2 unspecified atom stereocenters. The van der Waals surface area contributed by atoms with Crippen LogP contribution in [0.2, 0.25) is 0 Å². The van der Waals surface area contributed by atoms with Crippen molar-refractivity contribution in [3.8, 4) is 0 Å². The summed E-state index contributed by atoms with van der Waals surface area (Å²) >= 11 is 0. The van der Waals surface area contributed by atoms with Crippen LogP contribution in [0.1, 0.15) is 53.4 Å². The first kappa shape index (κ1) is 23.1. The van der Waals surface area contributed by atoms with Crippen LogP contribution in [-0.2, 0) is 17.1 Å². The van der Waals surface area contributed by atoms with Crippen LogP contribution in [0.15, 0.2) is 0 Å². The second-order valence-electron chi connectivity index (χ2n) is 5.14. The van der Waals surface area contributed by atoms with Gasteiger partial charge in [-0.05, 0) is 12.8 Å². The van der Waals surface area contributed by atoms with E-state index in [0.29, 0.717) is 24.2 Å². The summed E-state index contributed by atoms with van der Waals surface area (Å²) in [5, 5.41) is 7.35. The summed E-state index contributed by atoms with van der Waals surface area (Å²) in [6, 6.07) is 2.58. The molecule has 0 aromatic heterocycles. The molecule has 1 fully saturated rings. The third kappa shape index (κ3) is 9.58. The zero-order valence-electron chi connectivity index (χ0n) is 11.2. The van der Waals surface area contributed by atoms with Crippen molar-refractivity contribution in [1.29, 1.82) is 0 Å². The summed E-state index contributed by atoms with van der Waals surface area (Å²) in [7, 11) is 0. The summed E-state index contributed by atoms with van der Waals surface area (Å²) in [4.78, 5) is 0. The Morgan fingerprint density at radius 3 is 1.29 bits per heavy atom. The molecular weight excluding hydrogens is 307 g/mol. The molecule has 0 aromatic carbocycles. The van der Waals surface area contributed by atoms with Crippen molar-refractivity contribution in [2.24, 2.45) is 0 Å². The third-order valence-corrected chi connectivity index (χ3v) is 2.86. The molecule has 1 aliphatic rings. The molecular formula is C12H26Cl2CuN2. The molecule has 2 N–H and O–H groups in total. The third-order valence-electron chi connectivity index (χ3n) is 2.86. The predicted molar refractivity (Wildman–Crippen MR) is 62.6 cm³/mol. The van der Waals surface area contributed by atoms with Crippen molar-refractivity contribution < 1.29 is 41.9 Å². The Hall–Kier alpha value is 1.02. The first-order chi connectivity index (χ1) is 6.59. The van der Waals surface area contributed by atoms with E-state index in [4.69, 9.17) is 0 Å². The van der Waals surface area contributed by atoms with E-state index < -0.39 is 0 Å². The Kier molecular flexibility index (Phi) is 16.4. The largest absolute Gasteiger partial charge is 2.00 e. The van der Waals surface area contributed by atoms with Crippen molar-refractivity contribution in [1.82, 2.24) is 10.6 Å². The van der Waals surface area contributed by atoms with Gasteiger partial charge in [0.05, 0.1) is 0 Å². The Labute approximate surface area is 130 Å². The van der Waals surface area contributed by atoms with Crippen LogP contribution in [-0.4, -0.2) is 24.2 Å². The van der Waals surface area contributed by atoms with Crippen LogP contribution in [0.5, 0.6) is 0 Å². The van der Waals surface area contributed by atoms with E-state index in [1.807, 2.05) is 0 Å². The molecule has 0 saturated heterocycles. The summed E-state index contributed by atoms with van der Waals surface area (Å²) < 4.78 is 0. The van der Waals surface area contributed by atoms with Gasteiger partial charge in [-0.3, -0.25) is 0 Å². The number of nitrogens with one attached hydrogen (secondary N) is 2. The molecule has 109 valence electrons. The molecule has 1 rings (SSSR count). The Bertz CT molecular complexity index is 151. The fourth-order valence-electron chi connectivity index (χ4n) is 2.39. The normalized spacial score (nSPS) is 23.6. The molecule has 1 radical (unpaired) electrons. The summed E-state index contributed by atoms with van der Waals surface area (Å²) in [6.07, 6.45) is 5.45. The van der Waals surface area contributed by atoms with Crippen LogP contribution in [0.3, 0.4) is 0 Å². The second-order valence-corrected chi connectivity index (χ2v) is 5.14. The van der Waals surface area contributed by atoms with Gasteiger partial charge in [0.2, 0.25) is 0 Å². The van der Waals surface area contributed by atoms with Gasteiger partial charge in [0.25, 0.3) is 0 Å². The van der Waals surface area contributed by atoms with Gasteiger partial charge in [0.15, 0.2) is 0 Å². The molecule has 0 heterocycles. The minimum absolute atomic E-state index is 0. The fraction of sp³-hybridized carbons (Fsp3) is 1.00. The molecule has 0 spiro atoms. The van der Waals surface area contributed by atoms with Gasteiger partial charge in [-0.1, -0.05) is 40.5 Å². The van der Waals surface area contributed by atoms with Crippen LogP contribution < -0.4 is 35.4 Å². The predicted octanol–water partition coefficient (Wildman–Crippen LogP) is -3.70. The molecule has 0 aliphatic heterocycles. The van der Waals surface area contributed by atoms with Crippen molar-refractivity contribution in [2.75, 3.05) is 0 Å². The molecule has 1 aliphatic carbocycles. The van der Waals surface area contributed by atoms with Gasteiger partial charge in [-0.2, -0.15) is 0 Å². The molecule has 2 atom stereocenters. The SMILES string of the molecule is CC(C)NC1CCCCC1NC(C)C.[Cl-].[Cl-].[Cu+2]. The fourth-order valence-corrected chi connectivity index (χ4v) is 2.39. The number of rotatable bonds is 4. The smallest absolute Gasteiger partial charge is 1.00 e. The van der Waals surface area contributed by atoms with Crippen molar-refractivity contribution in [3.63, 3.8) is 0 Å². The Balaban J connectivity index is -0.000000653. The number of halogens is 2. The summed E-state index contributed by atoms with van der Waals surface area (Å²) in [5.74, 6) is 0. The van der Waals surface area contributed by atoms with E-state index >= 15 is 0 Å². The van der Waals surface area contributed by atoms with Gasteiger partial charge >= 0.3 is 17.1 Å². The van der Waals surface area contributed by atoms with E-state index in [0.717, 1.165) is 0 Å². The molecule has 0 aromatic rings. The van der Waals surface area contributed by atoms with Crippen LogP contribution >= 0.6 is 0 Å². The average molecular weight is 333 g/mol. The number of hydrogen-bond acceptors (Lipinski definition) is 2. The van der Waals surface area contributed by atoms with E-state index in [-0.39, 0.29) is 41.9 Å². The molecule has 17 heavy (non-hydrogen) atoms. The van der Waals surface area contributed by atoms with Gasteiger partial charge < -0.3 is 35.4 Å². The first-order valence-electron chi connectivity index (χ1n) is 6.11. The minimum Gasteiger partial charge on any atom is -1.00 e. The van der Waals surface area contributed by atoms with Gasteiger partial charge in [-0.15, -0.1) is 0 Å². The van der Waals surface area contributed by atoms with Crippen LogP contribution in [0.4, 0.5) is 0 Å². The van der Waals surface area contributed by atoms with Gasteiger partial charge in [0, 0.05) is 24.2 Å². The van der Waals surface area contributed by atoms with Crippen molar-refractivity contribution in [3.05, 3.63) is 0 Å². The average Bonchev–Trinajstić information content (AvgIpc) is 2.06. The van der Waals surface area contributed by atoms with Gasteiger partial charge in [0.1, 0.15) is 0 Å². The van der Waals surface area contributed by atoms with E-state index in [2.05, 4.69) is 38.3 Å². The summed E-state index contributed by atoms with van der Waals surface area (Å²) in [5.41, 5.74) is 0. The molecule has 0 bridgehead atoms. The zero-order chi connectivity index (χ0) is 10.6. The standard InChI is InChI=1S/C12H26N2.2ClH.Cu/c1-9(2)13-11-7-5-6-8-12(11)14-10(3)4;;;/h9-14H,5-8H2,1-4H3;2*1H;/q;;;+2/p-2. The Morgan fingerprint density at radius 1 is 0.765 bits per heavy atom.